The van der Waals surface area contributed by atoms with Crippen LogP contribution in [0.1, 0.15) is 41.6 Å². The molecule has 32 heavy (non-hydrogen) atoms. The average molecular weight is 437 g/mol. The molecular weight excluding hydrogens is 400 g/mol. The molecule has 1 aliphatic rings. The Morgan fingerprint density at radius 3 is 2.41 bits per heavy atom. The fraction of sp³-hybridized carbons (Fsp3) is 0.462. The number of piperidine rings is 1. The number of nitrogens with zero attached hydrogens (tertiary/aromatic N) is 2. The lowest BCUT2D eigenvalue weighted by atomic mass is 10.0. The molecule has 0 unspecified atom stereocenters. The molecule has 6 nitrogen and oxygen atoms in total. The Morgan fingerprint density at radius 2 is 1.69 bits per heavy atom. The minimum Gasteiger partial charge on any atom is -0.371 e. The van der Waals surface area contributed by atoms with Gasteiger partial charge in [0, 0.05) is 37.8 Å². The number of para-hydroxylation sites is 1. The summed E-state index contributed by atoms with van der Waals surface area (Å²) in [5, 5.41) is 6.24. The molecule has 0 atom stereocenters. The summed E-state index contributed by atoms with van der Waals surface area (Å²) >= 11 is 0. The topological polar surface area (TPSA) is 64.7 Å². The van der Waals surface area contributed by atoms with Gasteiger partial charge in [-0.1, -0.05) is 42.5 Å². The number of anilines is 1. The van der Waals surface area contributed by atoms with Gasteiger partial charge >= 0.3 is 0 Å². The number of hydrogen-bond donors (Lipinski definition) is 2. The van der Waals surface area contributed by atoms with Crippen molar-refractivity contribution in [2.45, 2.75) is 38.1 Å². The van der Waals surface area contributed by atoms with Crippen LogP contribution in [-0.4, -0.2) is 63.0 Å². The molecule has 0 aliphatic carbocycles. The van der Waals surface area contributed by atoms with E-state index >= 15 is 0 Å². The molecule has 6 heteroatoms. The van der Waals surface area contributed by atoms with Crippen molar-refractivity contribution in [3.05, 3.63) is 65.7 Å². The first-order chi connectivity index (χ1) is 15.5. The standard InChI is InChI=1S/C26H36N4O2/c1-29(2)18-8-17-27-26(32)23-11-6-7-12-24(23)30-19-15-22(16-20-30)28-25(31)14-13-21-9-4-3-5-10-21/h3-7,9-12,22H,8,13-20H2,1-2H3,(H,27,32)(H,28,31). The summed E-state index contributed by atoms with van der Waals surface area (Å²) in [6, 6.07) is 18.1. The van der Waals surface area contributed by atoms with Crippen molar-refractivity contribution >= 4 is 17.5 Å². The number of rotatable bonds is 10. The molecule has 172 valence electrons. The number of aryl methyl sites for hydroxylation is 1. The van der Waals surface area contributed by atoms with Crippen LogP contribution in [0.3, 0.4) is 0 Å². The molecule has 2 aromatic carbocycles. The van der Waals surface area contributed by atoms with Gasteiger partial charge < -0.3 is 20.4 Å². The number of hydrogen-bond acceptors (Lipinski definition) is 4. The van der Waals surface area contributed by atoms with Gasteiger partial charge in [-0.25, -0.2) is 0 Å². The van der Waals surface area contributed by atoms with Gasteiger partial charge in [-0.2, -0.15) is 0 Å². The lowest BCUT2D eigenvalue weighted by Gasteiger charge is -2.35. The third-order valence-corrected chi connectivity index (χ3v) is 5.90. The van der Waals surface area contributed by atoms with E-state index in [0.717, 1.165) is 56.6 Å². The summed E-state index contributed by atoms with van der Waals surface area (Å²) in [6.07, 6.45) is 3.98. The van der Waals surface area contributed by atoms with E-state index in [1.54, 1.807) is 0 Å². The molecule has 0 aromatic heterocycles. The van der Waals surface area contributed by atoms with Crippen LogP contribution in [0, 0.1) is 0 Å². The van der Waals surface area contributed by atoms with E-state index < -0.39 is 0 Å². The van der Waals surface area contributed by atoms with E-state index in [0.29, 0.717) is 13.0 Å². The Kier molecular flexibility index (Phi) is 9.11. The summed E-state index contributed by atoms with van der Waals surface area (Å²) in [5.41, 5.74) is 2.89. The predicted octanol–water partition coefficient (Wildman–Crippen LogP) is 3.09. The fourth-order valence-corrected chi connectivity index (χ4v) is 4.10. The molecule has 0 saturated carbocycles. The lowest BCUT2D eigenvalue weighted by molar-refractivity contribution is -0.121. The molecule has 0 radical (unpaired) electrons. The molecule has 3 rings (SSSR count). The van der Waals surface area contributed by atoms with Crippen LogP contribution in [0.25, 0.3) is 0 Å². The fourth-order valence-electron chi connectivity index (χ4n) is 4.10. The highest BCUT2D eigenvalue weighted by atomic mass is 16.2. The maximum absolute atomic E-state index is 12.7. The summed E-state index contributed by atoms with van der Waals surface area (Å²) in [6.45, 7) is 3.28. The Balaban J connectivity index is 1.46. The summed E-state index contributed by atoms with van der Waals surface area (Å²) in [7, 11) is 4.07. The molecule has 2 aromatic rings. The molecule has 1 heterocycles. The molecule has 2 amide bonds. The van der Waals surface area contributed by atoms with E-state index in [1.807, 2.05) is 56.6 Å². The average Bonchev–Trinajstić information content (AvgIpc) is 2.81. The largest absolute Gasteiger partial charge is 0.371 e. The molecule has 2 N–H and O–H groups in total. The SMILES string of the molecule is CN(C)CCCNC(=O)c1ccccc1N1CCC(NC(=O)CCc2ccccc2)CC1. The molecule has 0 bridgehead atoms. The van der Waals surface area contributed by atoms with Gasteiger partial charge in [0.25, 0.3) is 5.91 Å². The molecule has 1 aliphatic heterocycles. The zero-order valence-corrected chi connectivity index (χ0v) is 19.3. The minimum absolute atomic E-state index is 0.0179. The van der Waals surface area contributed by atoms with Crippen molar-refractivity contribution < 1.29 is 9.59 Å². The van der Waals surface area contributed by atoms with E-state index in [-0.39, 0.29) is 17.9 Å². The van der Waals surface area contributed by atoms with Crippen LogP contribution in [0.4, 0.5) is 5.69 Å². The van der Waals surface area contributed by atoms with Crippen molar-refractivity contribution in [3.63, 3.8) is 0 Å². The van der Waals surface area contributed by atoms with Crippen molar-refractivity contribution in [1.82, 2.24) is 15.5 Å². The monoisotopic (exact) mass is 436 g/mol. The number of benzene rings is 2. The summed E-state index contributed by atoms with van der Waals surface area (Å²) in [4.78, 5) is 29.5. The van der Waals surface area contributed by atoms with Crippen LogP contribution in [0.15, 0.2) is 54.6 Å². The highest BCUT2D eigenvalue weighted by Crippen LogP contribution is 2.24. The molecule has 0 spiro atoms. The first-order valence-corrected chi connectivity index (χ1v) is 11.6. The van der Waals surface area contributed by atoms with E-state index in [9.17, 15) is 9.59 Å². The Morgan fingerprint density at radius 1 is 1.00 bits per heavy atom. The number of nitrogens with one attached hydrogen (secondary N) is 2. The van der Waals surface area contributed by atoms with Crippen LogP contribution < -0.4 is 15.5 Å². The predicted molar refractivity (Wildman–Crippen MR) is 130 cm³/mol. The Labute approximate surface area is 192 Å². The minimum atomic E-state index is -0.0179. The third kappa shape index (κ3) is 7.38. The first kappa shape index (κ1) is 23.8. The molecule has 1 saturated heterocycles. The van der Waals surface area contributed by atoms with Crippen LogP contribution in [0.2, 0.25) is 0 Å². The van der Waals surface area contributed by atoms with Crippen LogP contribution in [0.5, 0.6) is 0 Å². The van der Waals surface area contributed by atoms with Gasteiger partial charge in [-0.3, -0.25) is 9.59 Å². The van der Waals surface area contributed by atoms with Gasteiger partial charge in [0.15, 0.2) is 0 Å². The van der Waals surface area contributed by atoms with E-state index in [1.165, 1.54) is 5.56 Å². The number of carbonyl (C=O) groups excluding carboxylic acids is 2. The quantitative estimate of drug-likeness (QED) is 0.562. The smallest absolute Gasteiger partial charge is 0.253 e. The second-order valence-electron chi connectivity index (χ2n) is 8.74. The number of amides is 2. The Bertz CT molecular complexity index is 861. The van der Waals surface area contributed by atoms with Gasteiger partial charge in [0.05, 0.1) is 5.56 Å². The van der Waals surface area contributed by atoms with Crippen LogP contribution in [-0.2, 0) is 11.2 Å². The zero-order valence-electron chi connectivity index (χ0n) is 19.3. The second kappa shape index (κ2) is 12.2. The highest BCUT2D eigenvalue weighted by Gasteiger charge is 2.23. The van der Waals surface area contributed by atoms with Crippen molar-refractivity contribution in [3.8, 4) is 0 Å². The highest BCUT2D eigenvalue weighted by molar-refractivity contribution is 5.99. The van der Waals surface area contributed by atoms with E-state index in [4.69, 9.17) is 0 Å². The zero-order chi connectivity index (χ0) is 22.8. The van der Waals surface area contributed by atoms with Gasteiger partial charge in [0.2, 0.25) is 5.91 Å². The second-order valence-corrected chi connectivity index (χ2v) is 8.74. The van der Waals surface area contributed by atoms with E-state index in [2.05, 4.69) is 32.6 Å². The lowest BCUT2D eigenvalue weighted by Crippen LogP contribution is -2.45. The summed E-state index contributed by atoms with van der Waals surface area (Å²) in [5.74, 6) is 0.0977. The van der Waals surface area contributed by atoms with Crippen molar-refractivity contribution in [1.29, 1.82) is 0 Å². The van der Waals surface area contributed by atoms with Crippen molar-refractivity contribution in [2.75, 3.05) is 45.2 Å². The maximum atomic E-state index is 12.7. The normalized spacial score (nSPS) is 14.4. The van der Waals surface area contributed by atoms with Crippen molar-refractivity contribution in [2.24, 2.45) is 0 Å². The molecular formula is C26H36N4O2. The van der Waals surface area contributed by atoms with Crippen LogP contribution >= 0.6 is 0 Å². The number of carbonyl (C=O) groups is 2. The summed E-state index contributed by atoms with van der Waals surface area (Å²) < 4.78 is 0. The first-order valence-electron chi connectivity index (χ1n) is 11.6. The third-order valence-electron chi connectivity index (χ3n) is 5.90. The van der Waals surface area contributed by atoms with Gasteiger partial charge in [0.1, 0.15) is 0 Å². The maximum Gasteiger partial charge on any atom is 0.253 e. The Hall–Kier alpha value is -2.86. The van der Waals surface area contributed by atoms with Gasteiger partial charge in [-0.05, 0) is 64.0 Å². The van der Waals surface area contributed by atoms with Gasteiger partial charge in [-0.15, -0.1) is 0 Å². The molecule has 1 fully saturated rings.